The summed E-state index contributed by atoms with van der Waals surface area (Å²) >= 11 is 0. The molecule has 8 nitrogen and oxygen atoms in total. The first-order chi connectivity index (χ1) is 11.3. The Balaban J connectivity index is 1.59. The largest absolute Gasteiger partial charge is 0.481 e. The van der Waals surface area contributed by atoms with Gasteiger partial charge in [-0.3, -0.25) is 4.79 Å². The van der Waals surface area contributed by atoms with Crippen LogP contribution in [0.4, 0.5) is 4.79 Å². The topological polar surface area (TPSA) is 100 Å². The van der Waals surface area contributed by atoms with Gasteiger partial charge >= 0.3 is 12.0 Å². The van der Waals surface area contributed by atoms with E-state index in [9.17, 15) is 14.7 Å². The summed E-state index contributed by atoms with van der Waals surface area (Å²) in [6.07, 6.45) is 2.11. The fourth-order valence-corrected chi connectivity index (χ4v) is 3.27. The van der Waals surface area contributed by atoms with Crippen LogP contribution in [0.25, 0.3) is 0 Å². The van der Waals surface area contributed by atoms with Crippen molar-refractivity contribution in [2.45, 2.75) is 58.5 Å². The molecule has 2 aliphatic heterocycles. The van der Waals surface area contributed by atoms with E-state index < -0.39 is 11.4 Å². The molecule has 0 aromatic carbocycles. The summed E-state index contributed by atoms with van der Waals surface area (Å²) in [5.41, 5.74) is -0.838. The fraction of sp³-hybridized carbons (Fsp3) is 0.750. The first-order valence-electron chi connectivity index (χ1n) is 8.51. The van der Waals surface area contributed by atoms with Crippen LogP contribution in [0.3, 0.4) is 0 Å². The maximum absolute atomic E-state index is 12.4. The van der Waals surface area contributed by atoms with Crippen molar-refractivity contribution in [3.63, 3.8) is 0 Å². The number of rotatable bonds is 3. The zero-order chi connectivity index (χ0) is 17.5. The van der Waals surface area contributed by atoms with Gasteiger partial charge in [0.25, 0.3) is 0 Å². The number of nitrogens with zero attached hydrogens (tertiary/aromatic N) is 4. The quantitative estimate of drug-likeness (QED) is 0.865. The summed E-state index contributed by atoms with van der Waals surface area (Å²) in [7, 11) is 0. The molecule has 132 valence electrons. The van der Waals surface area contributed by atoms with E-state index in [1.54, 1.807) is 11.8 Å². The van der Waals surface area contributed by atoms with Crippen LogP contribution in [0.15, 0.2) is 0 Å². The Hall–Kier alpha value is -2.12. The molecule has 1 aromatic rings. The highest BCUT2D eigenvalue weighted by molar-refractivity contribution is 5.79. The highest BCUT2D eigenvalue weighted by Gasteiger charge is 2.42. The van der Waals surface area contributed by atoms with Crippen molar-refractivity contribution >= 4 is 12.0 Å². The van der Waals surface area contributed by atoms with E-state index in [1.165, 1.54) is 0 Å². The van der Waals surface area contributed by atoms with Gasteiger partial charge in [0.15, 0.2) is 5.82 Å². The van der Waals surface area contributed by atoms with Crippen LogP contribution in [0.1, 0.15) is 51.2 Å². The molecule has 2 N–H and O–H groups in total. The number of carboxylic acids is 1. The molecule has 1 fully saturated rings. The molecule has 1 aromatic heterocycles. The first kappa shape index (κ1) is 16.7. The van der Waals surface area contributed by atoms with Gasteiger partial charge in [0.1, 0.15) is 5.82 Å². The summed E-state index contributed by atoms with van der Waals surface area (Å²) in [4.78, 5) is 29.9. The van der Waals surface area contributed by atoms with Crippen molar-refractivity contribution in [1.82, 2.24) is 25.0 Å². The van der Waals surface area contributed by atoms with E-state index in [0.29, 0.717) is 19.5 Å². The molecule has 24 heavy (non-hydrogen) atoms. The van der Waals surface area contributed by atoms with Crippen LogP contribution in [0, 0.1) is 5.41 Å². The van der Waals surface area contributed by atoms with Crippen molar-refractivity contribution in [2.24, 2.45) is 5.41 Å². The Morgan fingerprint density at radius 3 is 2.79 bits per heavy atom. The maximum Gasteiger partial charge on any atom is 0.317 e. The summed E-state index contributed by atoms with van der Waals surface area (Å²) < 4.78 is 1.88. The van der Waals surface area contributed by atoms with Gasteiger partial charge in [0.2, 0.25) is 0 Å². The number of hydrogen-bond acceptors (Lipinski definition) is 4. The highest BCUT2D eigenvalue weighted by Crippen LogP contribution is 2.30. The van der Waals surface area contributed by atoms with Crippen LogP contribution in [-0.4, -0.2) is 55.9 Å². The molecule has 0 spiro atoms. The maximum atomic E-state index is 12.4. The molecular weight excluding hydrogens is 310 g/mol. The predicted octanol–water partition coefficient (Wildman–Crippen LogP) is 1.22. The van der Waals surface area contributed by atoms with Gasteiger partial charge in [0.05, 0.1) is 18.0 Å². The summed E-state index contributed by atoms with van der Waals surface area (Å²) in [6.45, 7) is 7.17. The van der Waals surface area contributed by atoms with E-state index in [0.717, 1.165) is 24.5 Å². The van der Waals surface area contributed by atoms with Crippen molar-refractivity contribution in [1.29, 1.82) is 0 Å². The lowest BCUT2D eigenvalue weighted by Gasteiger charge is -2.27. The standard InChI is InChI=1S/C16H25N5O3/c1-10(2)13-18-12-5-4-11(8-21(12)19-13)17-15(24)20-7-6-16(3,9-20)14(22)23/h10-11H,4-9H2,1-3H3,(H,17,24)(H,22,23). The Morgan fingerprint density at radius 1 is 1.42 bits per heavy atom. The predicted molar refractivity (Wildman–Crippen MR) is 86.7 cm³/mol. The van der Waals surface area contributed by atoms with Crippen molar-refractivity contribution in [3.8, 4) is 0 Å². The normalized spacial score (nSPS) is 26.5. The fourth-order valence-electron chi connectivity index (χ4n) is 3.27. The minimum absolute atomic E-state index is 0.00314. The van der Waals surface area contributed by atoms with Crippen molar-refractivity contribution in [2.75, 3.05) is 13.1 Å². The zero-order valence-corrected chi connectivity index (χ0v) is 14.4. The number of aryl methyl sites for hydroxylation is 1. The third kappa shape index (κ3) is 3.09. The third-order valence-corrected chi connectivity index (χ3v) is 5.00. The second-order valence-corrected chi connectivity index (χ2v) is 7.45. The van der Waals surface area contributed by atoms with E-state index in [1.807, 2.05) is 4.68 Å². The van der Waals surface area contributed by atoms with Gasteiger partial charge in [-0.2, -0.15) is 5.10 Å². The van der Waals surface area contributed by atoms with Crippen LogP contribution in [0.5, 0.6) is 0 Å². The highest BCUT2D eigenvalue weighted by atomic mass is 16.4. The number of aromatic nitrogens is 3. The summed E-state index contributed by atoms with van der Waals surface area (Å²) in [6, 6.07) is -0.180. The minimum atomic E-state index is -0.844. The molecule has 3 rings (SSSR count). The molecule has 2 aliphatic rings. The number of likely N-dealkylation sites (tertiary alicyclic amines) is 1. The summed E-state index contributed by atoms with van der Waals surface area (Å²) in [5.74, 6) is 1.26. The number of hydrogen-bond donors (Lipinski definition) is 2. The van der Waals surface area contributed by atoms with Gasteiger partial charge in [-0.1, -0.05) is 13.8 Å². The van der Waals surface area contributed by atoms with Gasteiger partial charge in [-0.25, -0.2) is 14.5 Å². The molecule has 0 bridgehead atoms. The lowest BCUT2D eigenvalue weighted by Crippen LogP contribution is -2.48. The van der Waals surface area contributed by atoms with E-state index >= 15 is 0 Å². The second kappa shape index (κ2) is 6.07. The molecule has 0 saturated carbocycles. The molecule has 8 heteroatoms. The number of amides is 2. The Bertz CT molecular complexity index is 656. The lowest BCUT2D eigenvalue weighted by atomic mass is 9.90. The SMILES string of the molecule is CC(C)c1nc2n(n1)CC(NC(=O)N1CCC(C)(C(=O)O)C1)CC2. The Kier molecular flexibility index (Phi) is 4.23. The van der Waals surface area contributed by atoms with E-state index in [2.05, 4.69) is 29.2 Å². The average Bonchev–Trinajstić information content (AvgIpc) is 3.11. The third-order valence-electron chi connectivity index (χ3n) is 5.00. The lowest BCUT2D eigenvalue weighted by molar-refractivity contribution is -0.147. The molecule has 0 aliphatic carbocycles. The van der Waals surface area contributed by atoms with Crippen LogP contribution in [-0.2, 0) is 17.8 Å². The molecule has 2 unspecified atom stereocenters. The smallest absolute Gasteiger partial charge is 0.317 e. The van der Waals surface area contributed by atoms with Crippen LogP contribution in [0.2, 0.25) is 0 Å². The molecule has 2 atom stereocenters. The second-order valence-electron chi connectivity index (χ2n) is 7.45. The van der Waals surface area contributed by atoms with Crippen molar-refractivity contribution < 1.29 is 14.7 Å². The molecule has 2 amide bonds. The van der Waals surface area contributed by atoms with E-state index in [4.69, 9.17) is 0 Å². The van der Waals surface area contributed by atoms with Crippen LogP contribution >= 0.6 is 0 Å². The van der Waals surface area contributed by atoms with E-state index in [-0.39, 0.29) is 24.5 Å². The van der Waals surface area contributed by atoms with Crippen molar-refractivity contribution in [3.05, 3.63) is 11.6 Å². The number of carboxylic acid groups (broad SMARTS) is 1. The monoisotopic (exact) mass is 335 g/mol. The van der Waals surface area contributed by atoms with Crippen LogP contribution < -0.4 is 5.32 Å². The number of aliphatic carboxylic acids is 1. The van der Waals surface area contributed by atoms with Gasteiger partial charge < -0.3 is 15.3 Å². The molecule has 0 radical (unpaired) electrons. The Labute approximate surface area is 141 Å². The molecule has 1 saturated heterocycles. The number of urea groups is 1. The summed E-state index contributed by atoms with van der Waals surface area (Å²) in [5, 5.41) is 16.8. The van der Waals surface area contributed by atoms with Gasteiger partial charge in [0, 0.05) is 25.4 Å². The molecular formula is C16H25N5O3. The zero-order valence-electron chi connectivity index (χ0n) is 14.4. The average molecular weight is 335 g/mol. The first-order valence-corrected chi connectivity index (χ1v) is 8.51. The Morgan fingerprint density at radius 2 is 2.17 bits per heavy atom. The number of carbonyl (C=O) groups excluding carboxylic acids is 1. The van der Waals surface area contributed by atoms with Gasteiger partial charge in [-0.05, 0) is 19.8 Å². The number of nitrogens with one attached hydrogen (secondary N) is 1. The minimum Gasteiger partial charge on any atom is -0.481 e. The number of fused-ring (bicyclic) bond motifs is 1. The van der Waals surface area contributed by atoms with Gasteiger partial charge in [-0.15, -0.1) is 0 Å². The molecule has 3 heterocycles. The number of carbonyl (C=O) groups is 2.